The highest BCUT2D eigenvalue weighted by Gasteiger charge is 2.22. The van der Waals surface area contributed by atoms with Crippen molar-refractivity contribution in [2.24, 2.45) is 5.92 Å². The summed E-state index contributed by atoms with van der Waals surface area (Å²) in [6.45, 7) is 5.63. The summed E-state index contributed by atoms with van der Waals surface area (Å²) in [5, 5.41) is 13.1. The number of hydrogen-bond donors (Lipinski definition) is 2. The predicted molar refractivity (Wildman–Crippen MR) is 105 cm³/mol. The number of nitrogens with one attached hydrogen (secondary N) is 1. The van der Waals surface area contributed by atoms with Crippen LogP contribution >= 0.6 is 0 Å². The molecule has 27 heavy (non-hydrogen) atoms. The molecule has 1 saturated carbocycles. The average Bonchev–Trinajstić information content (AvgIpc) is 2.65. The normalized spacial score (nSPS) is 14.9. The molecule has 6 nitrogen and oxygen atoms in total. The van der Waals surface area contributed by atoms with Crippen LogP contribution in [0.5, 0.6) is 0 Å². The Morgan fingerprint density at radius 3 is 2.59 bits per heavy atom. The number of nitrogens with zero attached hydrogens (tertiary/aromatic N) is 1. The highest BCUT2D eigenvalue weighted by Crippen LogP contribution is 2.27. The van der Waals surface area contributed by atoms with Crippen molar-refractivity contribution in [1.82, 2.24) is 4.57 Å². The summed E-state index contributed by atoms with van der Waals surface area (Å²) in [5.41, 5.74) is 0.811. The molecule has 142 valence electrons. The maximum Gasteiger partial charge on any atom is 0.338 e. The van der Waals surface area contributed by atoms with Gasteiger partial charge < -0.3 is 15.0 Å². The van der Waals surface area contributed by atoms with E-state index >= 15 is 0 Å². The Bertz CT molecular complexity index is 968. The van der Waals surface area contributed by atoms with E-state index in [1.165, 1.54) is 6.42 Å². The van der Waals surface area contributed by atoms with E-state index in [2.05, 4.69) is 11.9 Å². The molecule has 1 aliphatic rings. The van der Waals surface area contributed by atoms with Gasteiger partial charge in [0, 0.05) is 28.7 Å². The van der Waals surface area contributed by atoms with E-state index in [0.29, 0.717) is 34.6 Å². The van der Waals surface area contributed by atoms with Gasteiger partial charge in [0.05, 0.1) is 5.56 Å². The fraction of sp³-hybridized carbons (Fsp3) is 0.381. The Morgan fingerprint density at radius 2 is 1.96 bits per heavy atom. The Kier molecular flexibility index (Phi) is 5.44. The molecule has 0 spiro atoms. The molecule has 2 aromatic rings. The minimum Gasteiger partial charge on any atom is -0.478 e. The molecule has 6 heteroatoms. The summed E-state index contributed by atoms with van der Waals surface area (Å²) in [5.74, 6) is -1.07. The predicted octanol–water partition coefficient (Wildman–Crippen LogP) is 3.71. The van der Waals surface area contributed by atoms with Crippen LogP contribution in [-0.4, -0.2) is 21.6 Å². The lowest BCUT2D eigenvalue weighted by Crippen LogP contribution is -2.29. The van der Waals surface area contributed by atoms with Gasteiger partial charge in [-0.3, -0.25) is 9.59 Å². The molecule has 1 aliphatic carbocycles. The molecule has 1 fully saturated rings. The first-order valence-electron chi connectivity index (χ1n) is 9.26. The van der Waals surface area contributed by atoms with E-state index in [9.17, 15) is 19.5 Å². The van der Waals surface area contributed by atoms with Gasteiger partial charge in [-0.25, -0.2) is 4.79 Å². The van der Waals surface area contributed by atoms with Crippen molar-refractivity contribution in [1.29, 1.82) is 0 Å². The van der Waals surface area contributed by atoms with E-state index in [1.807, 2.05) is 0 Å². The zero-order valence-electron chi connectivity index (χ0n) is 15.5. The minimum absolute atomic E-state index is 0.107. The van der Waals surface area contributed by atoms with E-state index < -0.39 is 11.9 Å². The van der Waals surface area contributed by atoms with Gasteiger partial charge in [0.15, 0.2) is 0 Å². The number of pyridine rings is 1. The quantitative estimate of drug-likeness (QED) is 0.788. The molecule has 1 aromatic heterocycles. The van der Waals surface area contributed by atoms with Crippen molar-refractivity contribution >= 4 is 28.3 Å². The van der Waals surface area contributed by atoms with E-state index in [-0.39, 0.29) is 11.1 Å². The minimum atomic E-state index is -1.08. The lowest BCUT2D eigenvalue weighted by atomic mass is 9.89. The van der Waals surface area contributed by atoms with Crippen LogP contribution in [0.1, 0.15) is 48.2 Å². The first kappa shape index (κ1) is 18.9. The van der Waals surface area contributed by atoms with Crippen molar-refractivity contribution in [3.63, 3.8) is 0 Å². The molecule has 0 atom stereocenters. The lowest BCUT2D eigenvalue weighted by molar-refractivity contribution is -0.111. The fourth-order valence-electron chi connectivity index (χ4n) is 3.95. The number of carboxylic acids is 1. The van der Waals surface area contributed by atoms with E-state index in [1.54, 1.807) is 29.7 Å². The molecular weight excluding hydrogens is 344 g/mol. The highest BCUT2D eigenvalue weighted by atomic mass is 16.4. The van der Waals surface area contributed by atoms with E-state index in [4.69, 9.17) is 0 Å². The molecule has 1 heterocycles. The standard InChI is InChI=1S/C21H24N2O4/c1-3-18(24)22-15-9-10-16-17(11-15)19(21(26)27)13(2)23(20(16)25)12-14-7-5-4-6-8-14/h3,9-11,14H,1,4-8,12H2,2H3,(H,22,24)(H,26,27). The van der Waals surface area contributed by atoms with Crippen LogP contribution in [0, 0.1) is 12.8 Å². The largest absolute Gasteiger partial charge is 0.478 e. The third-order valence-corrected chi connectivity index (χ3v) is 5.36. The van der Waals surface area contributed by atoms with Gasteiger partial charge in [-0.2, -0.15) is 0 Å². The molecule has 0 radical (unpaired) electrons. The Morgan fingerprint density at radius 1 is 1.26 bits per heavy atom. The molecule has 0 aliphatic heterocycles. The number of fused-ring (bicyclic) bond motifs is 1. The number of rotatable bonds is 5. The molecule has 3 rings (SSSR count). The Labute approximate surface area is 157 Å². The molecule has 0 unspecified atom stereocenters. The van der Waals surface area contributed by atoms with Crippen LogP contribution < -0.4 is 10.9 Å². The monoisotopic (exact) mass is 368 g/mol. The van der Waals surface area contributed by atoms with Crippen LogP contribution in [0.25, 0.3) is 10.8 Å². The van der Waals surface area contributed by atoms with Crippen LogP contribution in [-0.2, 0) is 11.3 Å². The summed E-state index contributed by atoms with van der Waals surface area (Å²) < 4.78 is 1.61. The summed E-state index contributed by atoms with van der Waals surface area (Å²) in [4.78, 5) is 36.6. The number of carboxylic acid groups (broad SMARTS) is 1. The van der Waals surface area contributed by atoms with Crippen LogP contribution in [0.2, 0.25) is 0 Å². The highest BCUT2D eigenvalue weighted by molar-refractivity contribution is 6.06. The lowest BCUT2D eigenvalue weighted by Gasteiger charge is -2.24. The zero-order chi connectivity index (χ0) is 19.6. The first-order valence-corrected chi connectivity index (χ1v) is 9.26. The fourth-order valence-corrected chi connectivity index (χ4v) is 3.95. The number of carbonyl (C=O) groups is 2. The van der Waals surface area contributed by atoms with Crippen LogP contribution in [0.15, 0.2) is 35.6 Å². The van der Waals surface area contributed by atoms with Gasteiger partial charge in [0.2, 0.25) is 5.91 Å². The molecular formula is C21H24N2O4. The van der Waals surface area contributed by atoms with Crippen molar-refractivity contribution in [3.05, 3.63) is 52.5 Å². The summed E-state index contributed by atoms with van der Waals surface area (Å²) in [6.07, 6.45) is 6.81. The number of benzene rings is 1. The molecule has 1 amide bonds. The summed E-state index contributed by atoms with van der Waals surface area (Å²) in [7, 11) is 0. The molecule has 0 bridgehead atoms. The molecule has 1 aromatic carbocycles. The Balaban J connectivity index is 2.14. The number of carbonyl (C=O) groups excluding carboxylic acids is 1. The van der Waals surface area contributed by atoms with Crippen molar-refractivity contribution < 1.29 is 14.7 Å². The summed E-state index contributed by atoms with van der Waals surface area (Å²) >= 11 is 0. The van der Waals surface area contributed by atoms with E-state index in [0.717, 1.165) is 31.8 Å². The number of aromatic carboxylic acids is 1. The third-order valence-electron chi connectivity index (χ3n) is 5.36. The second kappa shape index (κ2) is 7.78. The van der Waals surface area contributed by atoms with Gasteiger partial charge in [-0.05, 0) is 50.0 Å². The number of amides is 1. The SMILES string of the molecule is C=CC(=O)Nc1ccc2c(=O)n(CC3CCCCC3)c(C)c(C(=O)O)c2c1. The topological polar surface area (TPSA) is 88.4 Å². The van der Waals surface area contributed by atoms with Crippen LogP contribution in [0.3, 0.4) is 0 Å². The van der Waals surface area contributed by atoms with Crippen LogP contribution in [0.4, 0.5) is 5.69 Å². The third kappa shape index (κ3) is 3.79. The van der Waals surface area contributed by atoms with Gasteiger partial charge in [-0.15, -0.1) is 0 Å². The number of aromatic nitrogens is 1. The van der Waals surface area contributed by atoms with Gasteiger partial charge in [-0.1, -0.05) is 25.8 Å². The van der Waals surface area contributed by atoms with Gasteiger partial charge in [0.25, 0.3) is 5.56 Å². The zero-order valence-corrected chi connectivity index (χ0v) is 15.5. The number of hydrogen-bond acceptors (Lipinski definition) is 3. The van der Waals surface area contributed by atoms with Crippen molar-refractivity contribution in [3.8, 4) is 0 Å². The van der Waals surface area contributed by atoms with Crippen molar-refractivity contribution in [2.75, 3.05) is 5.32 Å². The summed E-state index contributed by atoms with van der Waals surface area (Å²) in [6, 6.07) is 4.73. The second-order valence-electron chi connectivity index (χ2n) is 7.14. The second-order valence-corrected chi connectivity index (χ2v) is 7.14. The molecule has 0 saturated heterocycles. The molecule has 2 N–H and O–H groups in total. The first-order chi connectivity index (χ1) is 12.9. The maximum atomic E-state index is 13.1. The average molecular weight is 368 g/mol. The number of anilines is 1. The maximum absolute atomic E-state index is 13.1. The Hall–Kier alpha value is -2.89. The van der Waals surface area contributed by atoms with Gasteiger partial charge in [0.1, 0.15) is 0 Å². The van der Waals surface area contributed by atoms with Crippen molar-refractivity contribution in [2.45, 2.75) is 45.6 Å². The smallest absolute Gasteiger partial charge is 0.338 e. The van der Waals surface area contributed by atoms with Gasteiger partial charge >= 0.3 is 5.97 Å².